The predicted molar refractivity (Wildman–Crippen MR) is 77.2 cm³/mol. The van der Waals surface area contributed by atoms with Crippen LogP contribution in [0.2, 0.25) is 0 Å². The maximum atomic E-state index is 9.11. The molecular weight excluding hydrogens is 240 g/mol. The number of nitrogens with zero attached hydrogens (tertiary/aromatic N) is 3. The van der Waals surface area contributed by atoms with E-state index in [4.69, 9.17) is 5.11 Å². The summed E-state index contributed by atoms with van der Waals surface area (Å²) in [6.45, 7) is 0.762. The number of nitrogens with one attached hydrogen (secondary N) is 1. The van der Waals surface area contributed by atoms with Gasteiger partial charge in [0, 0.05) is 26.8 Å². The van der Waals surface area contributed by atoms with Gasteiger partial charge in [-0.25, -0.2) is 4.98 Å². The first-order valence-corrected chi connectivity index (χ1v) is 6.23. The summed E-state index contributed by atoms with van der Waals surface area (Å²) in [4.78, 5) is 6.35. The van der Waals surface area contributed by atoms with Gasteiger partial charge in [-0.2, -0.15) is 0 Å². The van der Waals surface area contributed by atoms with Crippen LogP contribution < -0.4 is 10.2 Å². The van der Waals surface area contributed by atoms with Gasteiger partial charge < -0.3 is 19.9 Å². The molecule has 0 bridgehead atoms. The Balaban J connectivity index is 2.06. The summed E-state index contributed by atoms with van der Waals surface area (Å²) in [7, 11) is 5.96. The highest BCUT2D eigenvalue weighted by molar-refractivity contribution is 5.46. The quantitative estimate of drug-likeness (QED) is 0.857. The zero-order valence-corrected chi connectivity index (χ0v) is 11.6. The van der Waals surface area contributed by atoms with Crippen molar-refractivity contribution in [3.63, 3.8) is 0 Å². The van der Waals surface area contributed by atoms with E-state index in [0.717, 1.165) is 22.9 Å². The Morgan fingerprint density at radius 3 is 2.79 bits per heavy atom. The van der Waals surface area contributed by atoms with Gasteiger partial charge in [-0.3, -0.25) is 0 Å². The van der Waals surface area contributed by atoms with Crippen LogP contribution in [0, 0.1) is 0 Å². The van der Waals surface area contributed by atoms with Crippen molar-refractivity contribution in [1.82, 2.24) is 9.55 Å². The van der Waals surface area contributed by atoms with Crippen LogP contribution in [-0.4, -0.2) is 28.8 Å². The number of aliphatic hydroxyl groups excluding tert-OH is 1. The summed E-state index contributed by atoms with van der Waals surface area (Å²) in [5, 5.41) is 12.4. The Morgan fingerprint density at radius 2 is 2.16 bits per heavy atom. The fraction of sp³-hybridized carbons (Fsp3) is 0.357. The second kappa shape index (κ2) is 5.75. The Labute approximate surface area is 113 Å². The number of imidazole rings is 1. The SMILES string of the molecule is CN(C)c1ncc(CNc2cccc(CO)c2)n1C. The van der Waals surface area contributed by atoms with Crippen LogP contribution in [0.15, 0.2) is 30.5 Å². The minimum atomic E-state index is 0.0615. The molecule has 0 atom stereocenters. The van der Waals surface area contributed by atoms with E-state index in [1.165, 1.54) is 0 Å². The monoisotopic (exact) mass is 260 g/mol. The van der Waals surface area contributed by atoms with Crippen molar-refractivity contribution in [3.8, 4) is 0 Å². The van der Waals surface area contributed by atoms with Crippen molar-refractivity contribution in [2.45, 2.75) is 13.2 Å². The van der Waals surface area contributed by atoms with E-state index in [0.29, 0.717) is 6.54 Å². The molecule has 102 valence electrons. The molecule has 0 radical (unpaired) electrons. The Kier molecular flexibility index (Phi) is 4.06. The Hall–Kier alpha value is -2.01. The van der Waals surface area contributed by atoms with E-state index in [1.807, 2.05) is 56.5 Å². The van der Waals surface area contributed by atoms with Crippen LogP contribution in [0.3, 0.4) is 0 Å². The van der Waals surface area contributed by atoms with Gasteiger partial charge in [0.15, 0.2) is 0 Å². The molecule has 1 aromatic heterocycles. The van der Waals surface area contributed by atoms with Crippen molar-refractivity contribution in [2.24, 2.45) is 7.05 Å². The van der Waals surface area contributed by atoms with Gasteiger partial charge >= 0.3 is 0 Å². The molecule has 0 spiro atoms. The van der Waals surface area contributed by atoms with Gasteiger partial charge in [0.05, 0.1) is 25.0 Å². The molecule has 0 fully saturated rings. The molecule has 5 nitrogen and oxygen atoms in total. The first-order chi connectivity index (χ1) is 9.11. The molecule has 0 aliphatic rings. The lowest BCUT2D eigenvalue weighted by Crippen LogP contribution is -2.15. The number of aromatic nitrogens is 2. The smallest absolute Gasteiger partial charge is 0.204 e. The zero-order valence-electron chi connectivity index (χ0n) is 11.6. The lowest BCUT2D eigenvalue weighted by atomic mass is 10.2. The third-order valence-electron chi connectivity index (χ3n) is 3.04. The minimum absolute atomic E-state index is 0.0615. The molecule has 2 rings (SSSR count). The van der Waals surface area contributed by atoms with E-state index < -0.39 is 0 Å². The van der Waals surface area contributed by atoms with Crippen LogP contribution in [0.25, 0.3) is 0 Å². The van der Waals surface area contributed by atoms with Gasteiger partial charge in [0.1, 0.15) is 0 Å². The molecule has 0 aliphatic carbocycles. The highest BCUT2D eigenvalue weighted by Crippen LogP contribution is 2.15. The van der Waals surface area contributed by atoms with E-state index in [9.17, 15) is 0 Å². The largest absolute Gasteiger partial charge is 0.392 e. The highest BCUT2D eigenvalue weighted by atomic mass is 16.3. The molecule has 1 heterocycles. The summed E-state index contributed by atoms with van der Waals surface area (Å²) in [6.07, 6.45) is 1.87. The number of aliphatic hydroxyl groups is 1. The molecular formula is C14H20N4O. The molecule has 0 amide bonds. The fourth-order valence-electron chi connectivity index (χ4n) is 1.99. The van der Waals surface area contributed by atoms with Gasteiger partial charge in [-0.05, 0) is 17.7 Å². The fourth-order valence-corrected chi connectivity index (χ4v) is 1.99. The van der Waals surface area contributed by atoms with Crippen molar-refractivity contribution in [2.75, 3.05) is 24.3 Å². The van der Waals surface area contributed by atoms with Crippen LogP contribution in [-0.2, 0) is 20.2 Å². The maximum absolute atomic E-state index is 9.11. The lowest BCUT2D eigenvalue weighted by molar-refractivity contribution is 0.282. The number of benzene rings is 1. The molecule has 0 aliphatic heterocycles. The summed E-state index contributed by atoms with van der Waals surface area (Å²) >= 11 is 0. The Morgan fingerprint density at radius 1 is 1.37 bits per heavy atom. The Bertz CT molecular complexity index is 548. The molecule has 0 saturated heterocycles. The van der Waals surface area contributed by atoms with Crippen molar-refractivity contribution < 1.29 is 5.11 Å². The average Bonchev–Trinajstić information content (AvgIpc) is 2.78. The second-order valence-electron chi connectivity index (χ2n) is 4.72. The zero-order chi connectivity index (χ0) is 13.8. The van der Waals surface area contributed by atoms with Crippen molar-refractivity contribution in [1.29, 1.82) is 0 Å². The van der Waals surface area contributed by atoms with Gasteiger partial charge in [-0.1, -0.05) is 12.1 Å². The highest BCUT2D eigenvalue weighted by Gasteiger charge is 2.07. The molecule has 0 saturated carbocycles. The number of hydrogen-bond donors (Lipinski definition) is 2. The first-order valence-electron chi connectivity index (χ1n) is 6.23. The van der Waals surface area contributed by atoms with E-state index in [2.05, 4.69) is 14.9 Å². The summed E-state index contributed by atoms with van der Waals surface area (Å²) in [5.41, 5.74) is 3.02. The van der Waals surface area contributed by atoms with E-state index in [1.54, 1.807) is 0 Å². The number of hydrogen-bond acceptors (Lipinski definition) is 4. The van der Waals surface area contributed by atoms with Crippen LogP contribution in [0.1, 0.15) is 11.3 Å². The number of anilines is 2. The molecule has 5 heteroatoms. The molecule has 2 aromatic rings. The third kappa shape index (κ3) is 3.06. The summed E-state index contributed by atoms with van der Waals surface area (Å²) in [6, 6.07) is 7.77. The topological polar surface area (TPSA) is 53.3 Å². The molecule has 19 heavy (non-hydrogen) atoms. The third-order valence-corrected chi connectivity index (χ3v) is 3.04. The normalized spacial score (nSPS) is 10.5. The van der Waals surface area contributed by atoms with Gasteiger partial charge in [0.25, 0.3) is 0 Å². The van der Waals surface area contributed by atoms with Gasteiger partial charge in [-0.15, -0.1) is 0 Å². The van der Waals surface area contributed by atoms with Crippen molar-refractivity contribution in [3.05, 3.63) is 41.7 Å². The number of rotatable bonds is 5. The van der Waals surface area contributed by atoms with Gasteiger partial charge in [0.2, 0.25) is 5.95 Å². The maximum Gasteiger partial charge on any atom is 0.204 e. The van der Waals surface area contributed by atoms with Crippen molar-refractivity contribution >= 4 is 11.6 Å². The van der Waals surface area contributed by atoms with E-state index >= 15 is 0 Å². The lowest BCUT2D eigenvalue weighted by Gasteiger charge is -2.13. The average molecular weight is 260 g/mol. The van der Waals surface area contributed by atoms with Crippen LogP contribution in [0.5, 0.6) is 0 Å². The summed E-state index contributed by atoms with van der Waals surface area (Å²) < 4.78 is 2.06. The molecule has 2 N–H and O–H groups in total. The molecule has 0 unspecified atom stereocenters. The first kappa shape index (κ1) is 13.4. The summed E-state index contributed by atoms with van der Waals surface area (Å²) in [5.74, 6) is 0.931. The van der Waals surface area contributed by atoms with Crippen LogP contribution in [0.4, 0.5) is 11.6 Å². The standard InChI is InChI=1S/C14H20N4O/c1-17(2)14-16-9-13(18(14)3)8-15-12-6-4-5-11(7-12)10-19/h4-7,9,15,19H,8,10H2,1-3H3. The van der Waals surface area contributed by atoms with Crippen LogP contribution >= 0.6 is 0 Å². The second-order valence-corrected chi connectivity index (χ2v) is 4.72. The minimum Gasteiger partial charge on any atom is -0.392 e. The predicted octanol–water partition coefficient (Wildman–Crippen LogP) is 1.59. The van der Waals surface area contributed by atoms with E-state index in [-0.39, 0.29) is 6.61 Å². The molecule has 1 aromatic carbocycles.